The molecule has 1 aliphatic heterocycles. The van der Waals surface area contributed by atoms with E-state index in [0.717, 1.165) is 11.1 Å². The summed E-state index contributed by atoms with van der Waals surface area (Å²) in [5, 5.41) is 0.382. The minimum absolute atomic E-state index is 0.234. The highest BCUT2D eigenvalue weighted by atomic mass is 79.9. The van der Waals surface area contributed by atoms with E-state index in [4.69, 9.17) is 38.0 Å². The Morgan fingerprint density at radius 1 is 1.09 bits per heavy atom. The zero-order valence-electron chi connectivity index (χ0n) is 18.5. The van der Waals surface area contributed by atoms with Crippen LogP contribution in [0.4, 0.5) is 10.1 Å². The number of carbonyl (C=O) groups excluding carboxylic acids is 1. The molecule has 1 fully saturated rings. The van der Waals surface area contributed by atoms with Gasteiger partial charge in [0, 0.05) is 0 Å². The predicted octanol–water partition coefficient (Wildman–Crippen LogP) is 7.24. The van der Waals surface area contributed by atoms with E-state index in [0.29, 0.717) is 41.7 Å². The summed E-state index contributed by atoms with van der Waals surface area (Å²) in [5.74, 6) is 0.917. The number of hydrogen-bond acceptors (Lipinski definition) is 6. The summed E-state index contributed by atoms with van der Waals surface area (Å²) in [6, 6.07) is 14.7. The van der Waals surface area contributed by atoms with Gasteiger partial charge in [0.2, 0.25) is 0 Å². The molecule has 0 spiro atoms. The fraction of sp³-hybridized carbons (Fsp3) is 0.120. The second-order valence-electron chi connectivity index (χ2n) is 7.29. The van der Waals surface area contributed by atoms with E-state index in [1.807, 2.05) is 6.07 Å². The highest BCUT2D eigenvalue weighted by molar-refractivity contribution is 9.10. The van der Waals surface area contributed by atoms with Crippen LogP contribution in [-0.4, -0.2) is 24.4 Å². The van der Waals surface area contributed by atoms with Crippen molar-refractivity contribution in [2.24, 2.45) is 0 Å². The molecular formula is C25H18BrClFNO4S2. The quantitative estimate of drug-likeness (QED) is 0.212. The van der Waals surface area contributed by atoms with E-state index in [-0.39, 0.29) is 18.3 Å². The van der Waals surface area contributed by atoms with Gasteiger partial charge in [0.25, 0.3) is 5.91 Å². The number of nitrogens with zero attached hydrogens (tertiary/aromatic N) is 1. The number of rotatable bonds is 7. The van der Waals surface area contributed by atoms with E-state index in [2.05, 4.69) is 15.9 Å². The Balaban J connectivity index is 1.57. The summed E-state index contributed by atoms with van der Waals surface area (Å²) >= 11 is 16.4. The summed E-state index contributed by atoms with van der Waals surface area (Å²) in [6.07, 6.45) is 1.74. The molecule has 1 amide bonds. The predicted molar refractivity (Wildman–Crippen MR) is 145 cm³/mol. The Morgan fingerprint density at radius 2 is 1.80 bits per heavy atom. The SMILES string of the molecule is COc1ccc(N2C(=O)/C(=C\c3cc(Br)c(OCc4ccc(F)cc4)c(OC)c3)SC2=S)cc1Cl. The number of benzene rings is 3. The van der Waals surface area contributed by atoms with Crippen molar-refractivity contribution in [2.75, 3.05) is 19.1 Å². The van der Waals surface area contributed by atoms with Crippen molar-refractivity contribution in [3.8, 4) is 17.2 Å². The van der Waals surface area contributed by atoms with E-state index in [1.54, 1.807) is 42.5 Å². The first kappa shape index (κ1) is 25.5. The average Bonchev–Trinajstić information content (AvgIpc) is 3.11. The van der Waals surface area contributed by atoms with Crippen molar-refractivity contribution in [1.29, 1.82) is 0 Å². The molecule has 180 valence electrons. The lowest BCUT2D eigenvalue weighted by Gasteiger charge is -2.16. The second kappa shape index (κ2) is 11.0. The zero-order valence-corrected chi connectivity index (χ0v) is 22.5. The van der Waals surface area contributed by atoms with Gasteiger partial charge in [0.05, 0.1) is 34.3 Å². The standard InChI is InChI=1S/C25H18BrClFNO4S2/c1-31-20-8-7-17(12-19(20)27)29-24(30)22(35-25(29)34)11-15-9-18(26)23(21(10-15)32-2)33-13-14-3-5-16(28)6-4-14/h3-12H,13H2,1-2H3/b22-11+. The Kier molecular flexibility index (Phi) is 8.01. The van der Waals surface area contributed by atoms with E-state index in [1.165, 1.54) is 43.0 Å². The topological polar surface area (TPSA) is 48.0 Å². The molecule has 1 saturated heterocycles. The molecule has 3 aromatic carbocycles. The molecule has 0 radical (unpaired) electrons. The molecule has 1 heterocycles. The van der Waals surface area contributed by atoms with E-state index < -0.39 is 0 Å². The third-order valence-electron chi connectivity index (χ3n) is 5.03. The summed E-state index contributed by atoms with van der Waals surface area (Å²) in [7, 11) is 3.05. The van der Waals surface area contributed by atoms with E-state index >= 15 is 0 Å². The number of hydrogen-bond donors (Lipinski definition) is 0. The molecule has 0 unspecified atom stereocenters. The Morgan fingerprint density at radius 3 is 2.46 bits per heavy atom. The molecule has 0 bridgehead atoms. The van der Waals surface area contributed by atoms with Gasteiger partial charge in [-0.2, -0.15) is 0 Å². The van der Waals surface area contributed by atoms with Gasteiger partial charge in [0.15, 0.2) is 15.8 Å². The number of amides is 1. The zero-order chi connectivity index (χ0) is 25.1. The third-order valence-corrected chi connectivity index (χ3v) is 7.22. The van der Waals surface area contributed by atoms with Crippen molar-refractivity contribution in [2.45, 2.75) is 6.61 Å². The van der Waals surface area contributed by atoms with Crippen LogP contribution in [0.3, 0.4) is 0 Å². The fourth-order valence-electron chi connectivity index (χ4n) is 3.34. The molecule has 0 saturated carbocycles. The number of methoxy groups -OCH3 is 2. The maximum absolute atomic E-state index is 13.2. The minimum atomic E-state index is -0.308. The summed E-state index contributed by atoms with van der Waals surface area (Å²) in [5.41, 5.74) is 2.09. The summed E-state index contributed by atoms with van der Waals surface area (Å²) in [6.45, 7) is 0.234. The van der Waals surface area contributed by atoms with Crippen LogP contribution in [0, 0.1) is 5.82 Å². The van der Waals surface area contributed by atoms with Crippen LogP contribution >= 0.6 is 51.5 Å². The lowest BCUT2D eigenvalue weighted by atomic mass is 10.1. The highest BCUT2D eigenvalue weighted by Crippen LogP contribution is 2.41. The molecule has 10 heteroatoms. The monoisotopic (exact) mass is 593 g/mol. The van der Waals surface area contributed by atoms with Crippen molar-refractivity contribution in [3.05, 3.63) is 85.9 Å². The number of thiocarbonyl (C=S) groups is 1. The number of ether oxygens (including phenoxy) is 3. The molecule has 1 aliphatic rings. The van der Waals surface area contributed by atoms with Crippen molar-refractivity contribution >= 4 is 73.5 Å². The molecule has 3 aromatic rings. The number of halogens is 3. The van der Waals surface area contributed by atoms with Gasteiger partial charge >= 0.3 is 0 Å². The van der Waals surface area contributed by atoms with Crippen molar-refractivity contribution in [1.82, 2.24) is 0 Å². The van der Waals surface area contributed by atoms with Crippen LogP contribution in [0.1, 0.15) is 11.1 Å². The van der Waals surface area contributed by atoms with Crippen molar-refractivity contribution < 1.29 is 23.4 Å². The molecule has 4 rings (SSSR count). The van der Waals surface area contributed by atoms with Crippen LogP contribution in [0.5, 0.6) is 17.2 Å². The van der Waals surface area contributed by atoms with Crippen LogP contribution < -0.4 is 19.1 Å². The van der Waals surface area contributed by atoms with Crippen LogP contribution in [0.15, 0.2) is 64.0 Å². The number of thioether (sulfide) groups is 1. The molecule has 0 N–H and O–H groups in total. The average molecular weight is 595 g/mol. The lowest BCUT2D eigenvalue weighted by Crippen LogP contribution is -2.27. The smallest absolute Gasteiger partial charge is 0.270 e. The molecule has 0 aromatic heterocycles. The first-order chi connectivity index (χ1) is 16.8. The molecule has 35 heavy (non-hydrogen) atoms. The first-order valence-electron chi connectivity index (χ1n) is 10.2. The largest absolute Gasteiger partial charge is 0.495 e. The normalized spacial score (nSPS) is 14.5. The van der Waals surface area contributed by atoms with Gasteiger partial charge in [0.1, 0.15) is 18.2 Å². The Hall–Kier alpha value is -2.59. The van der Waals surface area contributed by atoms with Crippen LogP contribution in [-0.2, 0) is 11.4 Å². The lowest BCUT2D eigenvalue weighted by molar-refractivity contribution is -0.113. The molecular weight excluding hydrogens is 577 g/mol. The van der Waals surface area contributed by atoms with Gasteiger partial charge in [-0.15, -0.1) is 0 Å². The maximum Gasteiger partial charge on any atom is 0.270 e. The summed E-state index contributed by atoms with van der Waals surface area (Å²) in [4.78, 5) is 15.0. The highest BCUT2D eigenvalue weighted by Gasteiger charge is 2.33. The van der Waals surface area contributed by atoms with Gasteiger partial charge in [-0.05, 0) is 75.6 Å². The van der Waals surface area contributed by atoms with Crippen LogP contribution in [0.2, 0.25) is 5.02 Å². The molecule has 0 aliphatic carbocycles. The molecule has 0 atom stereocenters. The minimum Gasteiger partial charge on any atom is -0.495 e. The number of carbonyl (C=O) groups is 1. The van der Waals surface area contributed by atoms with E-state index in [9.17, 15) is 9.18 Å². The first-order valence-corrected chi connectivity index (χ1v) is 12.6. The Labute approximate surface area is 224 Å². The van der Waals surface area contributed by atoms with Gasteiger partial charge in [-0.25, -0.2) is 4.39 Å². The van der Waals surface area contributed by atoms with Gasteiger partial charge in [-0.3, -0.25) is 9.69 Å². The molecule has 5 nitrogen and oxygen atoms in total. The van der Waals surface area contributed by atoms with Crippen LogP contribution in [0.25, 0.3) is 6.08 Å². The summed E-state index contributed by atoms with van der Waals surface area (Å²) < 4.78 is 30.8. The van der Waals surface area contributed by atoms with Gasteiger partial charge < -0.3 is 14.2 Å². The number of anilines is 1. The maximum atomic E-state index is 13.2. The third kappa shape index (κ3) is 5.64. The van der Waals surface area contributed by atoms with Crippen molar-refractivity contribution in [3.63, 3.8) is 0 Å². The van der Waals surface area contributed by atoms with Gasteiger partial charge in [-0.1, -0.05) is 47.7 Å². The second-order valence-corrected chi connectivity index (χ2v) is 10.2. The Bertz CT molecular complexity index is 1330. The fourth-order valence-corrected chi connectivity index (χ4v) is 5.46.